The molecule has 0 saturated carbocycles. The Labute approximate surface area is 633 Å². The van der Waals surface area contributed by atoms with Crippen molar-refractivity contribution in [1.29, 1.82) is 0 Å². The van der Waals surface area contributed by atoms with Crippen LogP contribution in [0.2, 0.25) is 30.1 Å². The number of nitrogens with one attached hydrogen (secondary N) is 3. The average Bonchev–Trinajstić information content (AvgIpc) is 1.73. The fraction of sp³-hybridized carbons (Fsp3) is 0.178. The van der Waals surface area contributed by atoms with Gasteiger partial charge in [-0.2, -0.15) is 15.3 Å². The molecule has 0 radical (unpaired) electrons. The summed E-state index contributed by atoms with van der Waals surface area (Å²) in [5.41, 5.74) is 9.60. The first-order valence-electron chi connectivity index (χ1n) is 31.1. The van der Waals surface area contributed by atoms with Crippen LogP contribution in [0, 0.1) is 0 Å². The number of benzene rings is 3. The first kappa shape index (κ1) is 76.8. The van der Waals surface area contributed by atoms with Crippen molar-refractivity contribution < 1.29 is 61.6 Å². The highest BCUT2D eigenvalue weighted by Gasteiger charge is 2.31. The standard InChI is InChI=1S/C25H22Cl2N4O4.C24H20Cl2N4O5.C24H20Cl2N4O4S/c1-5-21(32)29-18-12-31(2)30-17(18)10-15-7-6-13-8-14(9-16(13)28-15)25(33)22-23(26)19(34-3)11-20(35-4)24(22)27;1-5-20(31)28-15-11-30(2)29-13(15)8-12-6-7-16-14(27-12)9-19(35-16)24(32)21-22(25)17(33-3)10-18(34-4)23(21)26;1-5-20(31)28-15-11-30(2)29-13(15)8-12-6-7-18-14(27-12)9-19(35-18)24(32)21-22(25)16(33-3)10-17(34-4)23(21)26/h5-7,9,11-12H,1,8,10H2,2-4H3,(H,29,32);2*5-7,9-11H,1,8H2,2-4H3,(H,28,31). The van der Waals surface area contributed by atoms with Crippen LogP contribution in [0.25, 0.3) is 27.4 Å². The lowest BCUT2D eigenvalue weighted by Gasteiger charge is -2.14. The minimum Gasteiger partial charge on any atom is -0.495 e. The van der Waals surface area contributed by atoms with E-state index in [2.05, 4.69) is 61.0 Å². The maximum Gasteiger partial charge on any atom is 0.247 e. The van der Waals surface area contributed by atoms with Crippen LogP contribution in [0.15, 0.2) is 133 Å². The van der Waals surface area contributed by atoms with E-state index >= 15 is 0 Å². The third-order valence-corrected chi connectivity index (χ3v) is 19.2. The highest BCUT2D eigenvalue weighted by Crippen LogP contribution is 2.46. The third kappa shape index (κ3) is 16.9. The number of hydrogen-bond acceptors (Lipinski definition) is 20. The second kappa shape index (κ2) is 33.3. The Balaban J connectivity index is 0.000000169. The number of pyridine rings is 3. The van der Waals surface area contributed by atoms with Crippen molar-refractivity contribution in [2.75, 3.05) is 58.6 Å². The molecule has 3 N–H and O–H groups in total. The summed E-state index contributed by atoms with van der Waals surface area (Å²) in [7, 11) is 13.9. The number of amides is 3. The van der Waals surface area contributed by atoms with E-state index in [1.807, 2.05) is 24.3 Å². The number of aromatic nitrogens is 9. The van der Waals surface area contributed by atoms with Crippen LogP contribution in [-0.2, 0) is 61.2 Å². The maximum atomic E-state index is 13.4. The number of carbonyl (C=O) groups is 6. The minimum absolute atomic E-state index is 0.0000921. The predicted molar refractivity (Wildman–Crippen MR) is 404 cm³/mol. The van der Waals surface area contributed by atoms with Gasteiger partial charge in [0.25, 0.3) is 0 Å². The highest BCUT2D eigenvalue weighted by atomic mass is 35.5. The highest BCUT2D eigenvalue weighted by molar-refractivity contribution is 7.21. The number of carbonyl (C=O) groups excluding carboxylic acids is 6. The second-order valence-electron chi connectivity index (χ2n) is 22.7. The van der Waals surface area contributed by atoms with E-state index in [1.165, 1.54) is 96.5 Å². The summed E-state index contributed by atoms with van der Waals surface area (Å²) in [6.45, 7) is 10.4. The zero-order valence-electron chi connectivity index (χ0n) is 57.4. The Morgan fingerprint density at radius 1 is 0.486 bits per heavy atom. The van der Waals surface area contributed by atoms with Crippen LogP contribution in [0.3, 0.4) is 0 Å². The van der Waals surface area contributed by atoms with Gasteiger partial charge < -0.3 is 48.8 Å². The number of thiophene rings is 1. The average molecular weight is 1560 g/mol. The monoisotopic (exact) mass is 1560 g/mol. The molecule has 25 nitrogen and oxygen atoms in total. The van der Waals surface area contributed by atoms with E-state index in [1.54, 1.807) is 78.1 Å². The number of ether oxygens (including phenoxy) is 6. The van der Waals surface area contributed by atoms with Crippen LogP contribution >= 0.6 is 80.9 Å². The van der Waals surface area contributed by atoms with Crippen molar-refractivity contribution in [2.24, 2.45) is 21.1 Å². The van der Waals surface area contributed by atoms with Crippen molar-refractivity contribution in [1.82, 2.24) is 44.3 Å². The molecule has 8 heterocycles. The first-order chi connectivity index (χ1) is 50.2. The molecule has 0 aliphatic heterocycles. The van der Waals surface area contributed by atoms with Crippen LogP contribution < -0.4 is 44.4 Å². The first-order valence-corrected chi connectivity index (χ1v) is 34.1. The topological polar surface area (TPSA) is 299 Å². The van der Waals surface area contributed by atoms with Gasteiger partial charge in [0.1, 0.15) is 40.0 Å². The molecule has 0 unspecified atom stereocenters. The SMILES string of the molecule is C=CC(=O)Nc1cn(C)nc1Cc1ccc2c(n1)C=C(C(=O)c1c(Cl)c(OC)cc(OC)c1Cl)C2.C=CC(=O)Nc1cn(C)nc1Cc1ccc2oc(C(=O)c3c(Cl)c(OC)cc(OC)c3Cl)cc2n1.C=CC(=O)Nc1cn(C)nc1Cc1ccc2sc(C(=O)c3c(Cl)c(OC)cc(OC)c3Cl)cc2n1. The molecule has 0 saturated heterocycles. The zero-order valence-corrected chi connectivity index (χ0v) is 62.7. The Morgan fingerprint density at radius 3 is 1.27 bits per heavy atom. The predicted octanol–water partition coefficient (Wildman–Crippen LogP) is 14.8. The van der Waals surface area contributed by atoms with Gasteiger partial charge >= 0.3 is 0 Å². The molecule has 0 bridgehead atoms. The summed E-state index contributed by atoms with van der Waals surface area (Å²) in [5, 5.41) is 22.0. The summed E-state index contributed by atoms with van der Waals surface area (Å²) < 4.78 is 43.0. The van der Waals surface area contributed by atoms with Gasteiger partial charge in [-0.3, -0.25) is 52.8 Å². The smallest absolute Gasteiger partial charge is 0.247 e. The number of Topliss-reactive ketones (excluding diaryl/α,β-unsaturated/α-hetero) is 1. The lowest BCUT2D eigenvalue weighted by atomic mass is 10.0. The number of rotatable bonds is 24. The lowest BCUT2D eigenvalue weighted by molar-refractivity contribution is -0.112. The van der Waals surface area contributed by atoms with Crippen molar-refractivity contribution in [3.63, 3.8) is 0 Å². The molecule has 0 fully saturated rings. The molecule has 1 aliphatic rings. The number of hydrogen-bond donors (Lipinski definition) is 3. The Morgan fingerprint density at radius 2 is 0.857 bits per heavy atom. The van der Waals surface area contributed by atoms with E-state index in [9.17, 15) is 28.8 Å². The van der Waals surface area contributed by atoms with Gasteiger partial charge in [-0.05, 0) is 66.3 Å². The molecule has 8 aromatic heterocycles. The van der Waals surface area contributed by atoms with Crippen LogP contribution in [0.4, 0.5) is 17.1 Å². The number of methoxy groups -OCH3 is 6. The van der Waals surface area contributed by atoms with Gasteiger partial charge in [0.15, 0.2) is 17.1 Å². The van der Waals surface area contributed by atoms with Gasteiger partial charge in [0.05, 0.1) is 144 Å². The zero-order chi connectivity index (χ0) is 75.8. The molecule has 3 aromatic carbocycles. The van der Waals surface area contributed by atoms with Crippen molar-refractivity contribution >= 4 is 160 Å². The number of fused-ring (bicyclic) bond motifs is 3. The summed E-state index contributed by atoms with van der Waals surface area (Å²) in [4.78, 5) is 89.7. The minimum atomic E-state index is -0.545. The number of halogens is 6. The van der Waals surface area contributed by atoms with Crippen LogP contribution in [-0.4, -0.2) is 122 Å². The van der Waals surface area contributed by atoms with E-state index in [0.717, 1.165) is 21.7 Å². The molecular formula is C73H62Cl6N12O13S. The number of ketones is 3. The van der Waals surface area contributed by atoms with Gasteiger partial charge in [0, 0.05) is 112 Å². The largest absolute Gasteiger partial charge is 0.495 e. The van der Waals surface area contributed by atoms with Crippen molar-refractivity contribution in [2.45, 2.75) is 25.7 Å². The fourth-order valence-electron chi connectivity index (χ4n) is 10.9. The molecular weight excluding hydrogens is 1500 g/mol. The molecule has 1 aliphatic carbocycles. The Hall–Kier alpha value is -10.8. The van der Waals surface area contributed by atoms with E-state index in [4.69, 9.17) is 107 Å². The van der Waals surface area contributed by atoms with E-state index in [-0.39, 0.29) is 105 Å². The molecule has 105 heavy (non-hydrogen) atoms. The summed E-state index contributed by atoms with van der Waals surface area (Å²) in [6.07, 6.45) is 11.9. The molecule has 0 atom stereocenters. The van der Waals surface area contributed by atoms with Gasteiger partial charge in [0.2, 0.25) is 29.3 Å². The number of furan rings is 1. The number of allylic oxidation sites excluding steroid dienone is 1. The van der Waals surface area contributed by atoms with Crippen molar-refractivity contribution in [3.8, 4) is 34.5 Å². The van der Waals surface area contributed by atoms with E-state index < -0.39 is 5.78 Å². The van der Waals surface area contributed by atoms with Crippen LogP contribution in [0.5, 0.6) is 34.5 Å². The summed E-state index contributed by atoms with van der Waals surface area (Å²) in [5.74, 6) is -0.579. The molecule has 3 amide bonds. The molecule has 32 heteroatoms. The third-order valence-electron chi connectivity index (χ3n) is 15.9. The van der Waals surface area contributed by atoms with Crippen molar-refractivity contribution in [3.05, 3.63) is 232 Å². The molecule has 12 rings (SSSR count). The lowest BCUT2D eigenvalue weighted by Crippen LogP contribution is -2.09. The van der Waals surface area contributed by atoms with Gasteiger partial charge in [-0.15, -0.1) is 11.3 Å². The molecule has 0 spiro atoms. The number of aryl methyl sites for hydroxylation is 3. The Bertz CT molecular complexity index is 5080. The quantitative estimate of drug-likeness (QED) is 0.0374. The number of anilines is 3. The summed E-state index contributed by atoms with van der Waals surface area (Å²) >= 11 is 39.7. The van der Waals surface area contributed by atoms with Gasteiger partial charge in [-0.1, -0.05) is 95.4 Å². The number of nitrogens with zero attached hydrogens (tertiary/aromatic N) is 9. The molecule has 11 aromatic rings. The maximum absolute atomic E-state index is 13.4. The Kier molecular flexibility index (Phi) is 24.3. The summed E-state index contributed by atoms with van der Waals surface area (Å²) in [6, 6.07) is 18.8. The van der Waals surface area contributed by atoms with Gasteiger partial charge in [-0.25, -0.2) is 4.98 Å². The fourth-order valence-corrected chi connectivity index (χ4v) is 13.8. The van der Waals surface area contributed by atoms with Crippen LogP contribution in [0.1, 0.15) is 87.1 Å². The normalized spacial score (nSPS) is 11.3. The van der Waals surface area contributed by atoms with E-state index in [0.29, 0.717) is 110 Å². The second-order valence-corrected chi connectivity index (χ2v) is 26.1. The molecule has 540 valence electrons.